The molecular weight excluding hydrogens is 342 g/mol. The zero-order valence-corrected chi connectivity index (χ0v) is 15.0. The Kier molecular flexibility index (Phi) is 6.01. The zero-order chi connectivity index (χ0) is 19.2. The second-order valence-corrected chi connectivity index (χ2v) is 6.97. The van der Waals surface area contributed by atoms with Crippen LogP contribution >= 0.6 is 0 Å². The molecule has 2 aromatic carbocycles. The number of carboxylic acid groups (broad SMARTS) is 1. The summed E-state index contributed by atoms with van der Waals surface area (Å²) in [5.74, 6) is -2.36. The minimum Gasteiger partial charge on any atom is -0.480 e. The van der Waals surface area contributed by atoms with Crippen molar-refractivity contribution < 1.29 is 19.5 Å². The van der Waals surface area contributed by atoms with E-state index in [9.17, 15) is 19.5 Å². The number of amides is 1. The van der Waals surface area contributed by atoms with Crippen LogP contribution in [0.4, 0.5) is 0 Å². The predicted molar refractivity (Wildman–Crippen MR) is 101 cm³/mol. The number of carbonyl (C=O) groups is 3. The van der Waals surface area contributed by atoms with E-state index in [-0.39, 0.29) is 24.0 Å². The maximum Gasteiger partial charge on any atom is 0.326 e. The molecule has 2 atom stereocenters. The largest absolute Gasteiger partial charge is 0.480 e. The van der Waals surface area contributed by atoms with Crippen molar-refractivity contribution in [3.63, 3.8) is 0 Å². The first-order valence-corrected chi connectivity index (χ1v) is 9.21. The van der Waals surface area contributed by atoms with Crippen molar-refractivity contribution in [2.75, 3.05) is 0 Å². The van der Waals surface area contributed by atoms with E-state index in [4.69, 9.17) is 0 Å². The molecule has 2 N–H and O–H groups in total. The van der Waals surface area contributed by atoms with Gasteiger partial charge in [0.05, 0.1) is 5.92 Å². The van der Waals surface area contributed by atoms with Crippen molar-refractivity contribution in [3.8, 4) is 0 Å². The molecule has 0 spiro atoms. The van der Waals surface area contributed by atoms with Gasteiger partial charge in [0.2, 0.25) is 5.91 Å². The van der Waals surface area contributed by atoms with Crippen LogP contribution < -0.4 is 5.32 Å². The molecule has 2 aromatic rings. The van der Waals surface area contributed by atoms with Gasteiger partial charge in [-0.3, -0.25) is 9.59 Å². The molecule has 0 saturated heterocycles. The third-order valence-electron chi connectivity index (χ3n) is 5.08. The average molecular weight is 365 g/mol. The lowest BCUT2D eigenvalue weighted by Gasteiger charge is -2.29. The van der Waals surface area contributed by atoms with Gasteiger partial charge in [0.1, 0.15) is 11.8 Å². The van der Waals surface area contributed by atoms with E-state index in [1.807, 2.05) is 60.7 Å². The number of hydrogen-bond donors (Lipinski definition) is 2. The Morgan fingerprint density at radius 1 is 0.963 bits per heavy atom. The van der Waals surface area contributed by atoms with Gasteiger partial charge in [-0.2, -0.15) is 0 Å². The van der Waals surface area contributed by atoms with Crippen molar-refractivity contribution in [2.45, 2.75) is 37.6 Å². The van der Waals surface area contributed by atoms with Crippen LogP contribution in [-0.4, -0.2) is 28.8 Å². The first kappa shape index (κ1) is 18.8. The molecule has 0 aromatic heterocycles. The number of carboxylic acids is 1. The van der Waals surface area contributed by atoms with E-state index in [0.717, 1.165) is 11.1 Å². The number of hydrogen-bond acceptors (Lipinski definition) is 3. The second kappa shape index (κ2) is 8.62. The fourth-order valence-corrected chi connectivity index (χ4v) is 3.75. The second-order valence-electron chi connectivity index (χ2n) is 6.97. The molecule has 1 aliphatic carbocycles. The van der Waals surface area contributed by atoms with Crippen LogP contribution in [0.25, 0.3) is 0 Å². The third-order valence-corrected chi connectivity index (χ3v) is 5.08. The molecule has 3 rings (SSSR count). The summed E-state index contributed by atoms with van der Waals surface area (Å²) >= 11 is 0. The minimum atomic E-state index is -1.09. The molecule has 140 valence electrons. The molecule has 1 saturated carbocycles. The monoisotopic (exact) mass is 365 g/mol. The highest BCUT2D eigenvalue weighted by molar-refractivity contribution is 5.91. The van der Waals surface area contributed by atoms with Crippen LogP contribution in [0.1, 0.15) is 42.7 Å². The maximum atomic E-state index is 13.1. The Labute approximate surface area is 158 Å². The normalized spacial score (nSPS) is 18.1. The van der Waals surface area contributed by atoms with Gasteiger partial charge in [-0.05, 0) is 29.9 Å². The van der Waals surface area contributed by atoms with E-state index in [0.29, 0.717) is 19.3 Å². The molecular formula is C22H23NO4. The average Bonchev–Trinajstić information content (AvgIpc) is 2.68. The minimum absolute atomic E-state index is 0.0643. The highest BCUT2D eigenvalue weighted by Crippen LogP contribution is 2.28. The lowest BCUT2D eigenvalue weighted by atomic mass is 9.82. The molecule has 27 heavy (non-hydrogen) atoms. The highest BCUT2D eigenvalue weighted by Gasteiger charge is 2.35. The number of carbonyl (C=O) groups excluding carboxylic acids is 2. The lowest BCUT2D eigenvalue weighted by molar-refractivity contribution is -0.144. The van der Waals surface area contributed by atoms with E-state index in [1.54, 1.807) is 0 Å². The van der Waals surface area contributed by atoms with Gasteiger partial charge in [0, 0.05) is 12.8 Å². The van der Waals surface area contributed by atoms with Gasteiger partial charge in [0.15, 0.2) is 0 Å². The summed E-state index contributed by atoms with van der Waals surface area (Å²) in [4.78, 5) is 36.7. The van der Waals surface area contributed by atoms with Crippen molar-refractivity contribution >= 4 is 17.7 Å². The van der Waals surface area contributed by atoms with Crippen LogP contribution in [-0.2, 0) is 14.4 Å². The molecule has 5 nitrogen and oxygen atoms in total. The smallest absolute Gasteiger partial charge is 0.326 e. The van der Waals surface area contributed by atoms with Gasteiger partial charge < -0.3 is 10.4 Å². The Morgan fingerprint density at radius 2 is 1.52 bits per heavy atom. The van der Waals surface area contributed by atoms with Crippen LogP contribution in [0, 0.1) is 5.92 Å². The van der Waals surface area contributed by atoms with Crippen LogP contribution in [0.2, 0.25) is 0 Å². The summed E-state index contributed by atoms with van der Waals surface area (Å²) in [5, 5.41) is 12.4. The summed E-state index contributed by atoms with van der Waals surface area (Å²) in [6.45, 7) is 0. The fraction of sp³-hybridized carbons (Fsp3) is 0.318. The van der Waals surface area contributed by atoms with Gasteiger partial charge in [-0.15, -0.1) is 0 Å². The number of ketones is 1. The van der Waals surface area contributed by atoms with Crippen molar-refractivity contribution in [3.05, 3.63) is 71.8 Å². The summed E-state index contributed by atoms with van der Waals surface area (Å²) in [6.07, 6.45) is 2.00. The summed E-state index contributed by atoms with van der Waals surface area (Å²) < 4.78 is 0. The molecule has 0 radical (unpaired) electrons. The predicted octanol–water partition coefficient (Wildman–Crippen LogP) is 3.15. The SMILES string of the molecule is O=C1CCC[C@H]([C@H](NC(=O)C(c2ccccc2)c2ccccc2)C(=O)O)C1. The Balaban J connectivity index is 1.87. The lowest BCUT2D eigenvalue weighted by Crippen LogP contribution is -2.49. The van der Waals surface area contributed by atoms with Crippen molar-refractivity contribution in [1.29, 1.82) is 0 Å². The topological polar surface area (TPSA) is 83.5 Å². The number of nitrogens with one attached hydrogen (secondary N) is 1. The van der Waals surface area contributed by atoms with Crippen LogP contribution in [0.15, 0.2) is 60.7 Å². The molecule has 0 aliphatic heterocycles. The van der Waals surface area contributed by atoms with Gasteiger partial charge in [-0.1, -0.05) is 60.7 Å². The van der Waals surface area contributed by atoms with Crippen molar-refractivity contribution in [1.82, 2.24) is 5.32 Å². The Morgan fingerprint density at radius 3 is 2.00 bits per heavy atom. The molecule has 0 unspecified atom stereocenters. The highest BCUT2D eigenvalue weighted by atomic mass is 16.4. The molecule has 0 bridgehead atoms. The van der Waals surface area contributed by atoms with E-state index >= 15 is 0 Å². The van der Waals surface area contributed by atoms with E-state index < -0.39 is 17.9 Å². The first-order valence-electron chi connectivity index (χ1n) is 9.21. The molecule has 1 fully saturated rings. The quantitative estimate of drug-likeness (QED) is 0.824. The molecule has 1 aliphatic rings. The standard InChI is InChI=1S/C22H23NO4/c24-18-13-7-12-17(14-18)20(22(26)27)23-21(25)19(15-8-3-1-4-9-15)16-10-5-2-6-11-16/h1-6,8-11,17,19-20H,7,12-14H2,(H,23,25)(H,26,27)/t17-,20-/m0/s1. The van der Waals surface area contributed by atoms with Crippen LogP contribution in [0.5, 0.6) is 0 Å². The fourth-order valence-electron chi connectivity index (χ4n) is 3.75. The number of rotatable bonds is 6. The van der Waals surface area contributed by atoms with E-state index in [1.165, 1.54) is 0 Å². The maximum absolute atomic E-state index is 13.1. The zero-order valence-electron chi connectivity index (χ0n) is 15.0. The van der Waals surface area contributed by atoms with Gasteiger partial charge in [0.25, 0.3) is 0 Å². The number of Topliss-reactive ketones (excluding diaryl/α,β-unsaturated/α-hetero) is 1. The number of benzene rings is 2. The van der Waals surface area contributed by atoms with E-state index in [2.05, 4.69) is 5.32 Å². The summed E-state index contributed by atoms with van der Waals surface area (Å²) in [7, 11) is 0. The van der Waals surface area contributed by atoms with Crippen molar-refractivity contribution in [2.24, 2.45) is 5.92 Å². The van der Waals surface area contributed by atoms with Gasteiger partial charge in [-0.25, -0.2) is 4.79 Å². The molecule has 5 heteroatoms. The third kappa shape index (κ3) is 4.61. The Hall–Kier alpha value is -2.95. The molecule has 0 heterocycles. The summed E-state index contributed by atoms with van der Waals surface area (Å²) in [5.41, 5.74) is 1.59. The Bertz CT molecular complexity index is 764. The van der Waals surface area contributed by atoms with Crippen LogP contribution in [0.3, 0.4) is 0 Å². The van der Waals surface area contributed by atoms with Gasteiger partial charge >= 0.3 is 5.97 Å². The molecule has 1 amide bonds. The number of aliphatic carboxylic acids is 1. The summed E-state index contributed by atoms with van der Waals surface area (Å²) in [6, 6.07) is 17.5. The first-order chi connectivity index (χ1) is 13.1.